The van der Waals surface area contributed by atoms with Crippen LogP contribution in [0.5, 0.6) is 0 Å². The highest BCUT2D eigenvalue weighted by Crippen LogP contribution is 2.24. The lowest BCUT2D eigenvalue weighted by molar-refractivity contribution is 0.355. The minimum atomic E-state index is -1.08. The summed E-state index contributed by atoms with van der Waals surface area (Å²) in [5.41, 5.74) is 6.77. The van der Waals surface area contributed by atoms with Gasteiger partial charge < -0.3 is 10.7 Å². The van der Waals surface area contributed by atoms with E-state index in [-0.39, 0.29) is 6.54 Å². The second-order valence-corrected chi connectivity index (χ2v) is 2.99. The number of aromatic nitrogens is 1. The number of H-pyrrole nitrogens is 1. The molecule has 2 aromatic rings. The van der Waals surface area contributed by atoms with E-state index in [2.05, 4.69) is 4.98 Å². The van der Waals surface area contributed by atoms with E-state index in [1.165, 1.54) is 0 Å². The highest BCUT2D eigenvalue weighted by Gasteiger charge is 2.10. The number of aromatic amines is 1. The lowest BCUT2D eigenvalue weighted by Crippen LogP contribution is -2.07. The van der Waals surface area contributed by atoms with E-state index in [9.17, 15) is 4.39 Å². The summed E-state index contributed by atoms with van der Waals surface area (Å²) < 4.78 is 13.3. The van der Waals surface area contributed by atoms with Gasteiger partial charge >= 0.3 is 0 Å². The van der Waals surface area contributed by atoms with Crippen molar-refractivity contribution in [3.05, 3.63) is 36.0 Å². The van der Waals surface area contributed by atoms with Gasteiger partial charge in [-0.2, -0.15) is 0 Å². The van der Waals surface area contributed by atoms with E-state index in [1.54, 1.807) is 12.3 Å². The summed E-state index contributed by atoms with van der Waals surface area (Å²) in [7, 11) is 0. The number of para-hydroxylation sites is 1. The Morgan fingerprint density at radius 2 is 2.23 bits per heavy atom. The van der Waals surface area contributed by atoms with Gasteiger partial charge in [-0.25, -0.2) is 4.39 Å². The Hall–Kier alpha value is -1.35. The van der Waals surface area contributed by atoms with Crippen LogP contribution in [0.4, 0.5) is 4.39 Å². The fraction of sp³-hybridized carbons (Fsp3) is 0.200. The van der Waals surface area contributed by atoms with Gasteiger partial charge in [0.1, 0.15) is 6.17 Å². The summed E-state index contributed by atoms with van der Waals surface area (Å²) in [5.74, 6) is 0. The molecule has 0 bridgehead atoms. The highest BCUT2D eigenvalue weighted by molar-refractivity contribution is 5.82. The highest BCUT2D eigenvalue weighted by atomic mass is 19.1. The van der Waals surface area contributed by atoms with E-state index in [0.29, 0.717) is 5.56 Å². The Morgan fingerprint density at radius 3 is 3.00 bits per heavy atom. The molecule has 0 spiro atoms. The second kappa shape index (κ2) is 3.18. The third-order valence-corrected chi connectivity index (χ3v) is 2.16. The van der Waals surface area contributed by atoms with Crippen molar-refractivity contribution in [1.82, 2.24) is 4.98 Å². The lowest BCUT2D eigenvalue weighted by Gasteiger charge is -2.06. The minimum Gasteiger partial charge on any atom is -0.361 e. The molecule has 0 aliphatic carbocycles. The van der Waals surface area contributed by atoms with Crippen molar-refractivity contribution < 1.29 is 4.39 Å². The van der Waals surface area contributed by atoms with Gasteiger partial charge in [-0.3, -0.25) is 0 Å². The SMILES string of the molecule is NCC(F)c1cccc2cc[nH]c12. The molecule has 2 nitrogen and oxygen atoms in total. The number of hydrogen-bond acceptors (Lipinski definition) is 1. The Balaban J connectivity index is 2.60. The van der Waals surface area contributed by atoms with E-state index >= 15 is 0 Å². The standard InChI is InChI=1S/C10H11FN2/c11-9(6-12)8-3-1-2-7-4-5-13-10(7)8/h1-5,9,13H,6,12H2. The first-order chi connectivity index (χ1) is 6.33. The smallest absolute Gasteiger partial charge is 0.139 e. The Labute approximate surface area is 75.6 Å². The van der Waals surface area contributed by atoms with Crippen molar-refractivity contribution >= 4 is 10.9 Å². The zero-order chi connectivity index (χ0) is 9.26. The van der Waals surface area contributed by atoms with Crippen LogP contribution in [0.1, 0.15) is 11.7 Å². The largest absolute Gasteiger partial charge is 0.361 e. The molecule has 1 atom stereocenters. The topological polar surface area (TPSA) is 41.8 Å². The molecule has 1 aromatic carbocycles. The molecule has 68 valence electrons. The van der Waals surface area contributed by atoms with E-state index in [4.69, 9.17) is 5.73 Å². The molecule has 0 fully saturated rings. The zero-order valence-electron chi connectivity index (χ0n) is 7.13. The molecule has 1 unspecified atom stereocenters. The van der Waals surface area contributed by atoms with Gasteiger partial charge in [0.15, 0.2) is 0 Å². The normalized spacial score (nSPS) is 13.4. The van der Waals surface area contributed by atoms with Crippen LogP contribution in [-0.2, 0) is 0 Å². The first-order valence-electron chi connectivity index (χ1n) is 4.23. The van der Waals surface area contributed by atoms with Gasteiger partial charge in [0.25, 0.3) is 0 Å². The first-order valence-corrected chi connectivity index (χ1v) is 4.23. The summed E-state index contributed by atoms with van der Waals surface area (Å²) in [6.45, 7) is 0.0259. The molecule has 2 rings (SSSR count). The molecule has 0 saturated carbocycles. The molecule has 0 aliphatic rings. The molecule has 1 aromatic heterocycles. The molecule has 3 N–H and O–H groups in total. The number of rotatable bonds is 2. The van der Waals surface area contributed by atoms with Crippen LogP contribution < -0.4 is 5.73 Å². The average Bonchev–Trinajstić information content (AvgIpc) is 2.63. The summed E-state index contributed by atoms with van der Waals surface area (Å²) >= 11 is 0. The van der Waals surface area contributed by atoms with Gasteiger partial charge in [-0.15, -0.1) is 0 Å². The Morgan fingerprint density at radius 1 is 1.38 bits per heavy atom. The van der Waals surface area contributed by atoms with Crippen LogP contribution in [0.15, 0.2) is 30.5 Å². The zero-order valence-corrected chi connectivity index (χ0v) is 7.13. The van der Waals surface area contributed by atoms with Crippen LogP contribution in [0.25, 0.3) is 10.9 Å². The molecule has 0 amide bonds. The third kappa shape index (κ3) is 1.31. The average molecular weight is 178 g/mol. The van der Waals surface area contributed by atoms with Crippen LogP contribution in [0.2, 0.25) is 0 Å². The maximum absolute atomic E-state index is 13.3. The molecular formula is C10H11FN2. The quantitative estimate of drug-likeness (QED) is 0.726. The van der Waals surface area contributed by atoms with Gasteiger partial charge in [-0.1, -0.05) is 18.2 Å². The molecule has 13 heavy (non-hydrogen) atoms. The van der Waals surface area contributed by atoms with Crippen LogP contribution in [0.3, 0.4) is 0 Å². The molecule has 1 heterocycles. The number of hydrogen-bond donors (Lipinski definition) is 2. The summed E-state index contributed by atoms with van der Waals surface area (Å²) in [6.07, 6.45) is 0.722. The Kier molecular flexibility index (Phi) is 2.02. The first kappa shape index (κ1) is 8.26. The van der Waals surface area contributed by atoms with Crippen molar-refractivity contribution in [2.75, 3.05) is 6.54 Å². The Bertz CT molecular complexity index is 408. The number of nitrogens with one attached hydrogen (secondary N) is 1. The number of benzene rings is 1. The van der Waals surface area contributed by atoms with Crippen LogP contribution >= 0.6 is 0 Å². The van der Waals surface area contributed by atoms with Crippen molar-refractivity contribution in [1.29, 1.82) is 0 Å². The molecule has 0 saturated heterocycles. The molecule has 3 heteroatoms. The second-order valence-electron chi connectivity index (χ2n) is 2.99. The minimum absolute atomic E-state index is 0.0259. The predicted octanol–water partition coefficient (Wildman–Crippen LogP) is 2.14. The molecule has 0 radical (unpaired) electrons. The maximum atomic E-state index is 13.3. The number of nitrogens with two attached hydrogens (primary N) is 1. The maximum Gasteiger partial charge on any atom is 0.139 e. The number of halogens is 1. The number of alkyl halides is 1. The third-order valence-electron chi connectivity index (χ3n) is 2.16. The van der Waals surface area contributed by atoms with Crippen molar-refractivity contribution in [3.8, 4) is 0 Å². The summed E-state index contributed by atoms with van der Waals surface area (Å²) in [6, 6.07) is 7.46. The van der Waals surface area contributed by atoms with E-state index < -0.39 is 6.17 Å². The summed E-state index contributed by atoms with van der Waals surface area (Å²) in [5, 5.41) is 1.02. The fourth-order valence-corrected chi connectivity index (χ4v) is 1.50. The van der Waals surface area contributed by atoms with Gasteiger partial charge in [0, 0.05) is 18.3 Å². The van der Waals surface area contributed by atoms with Crippen molar-refractivity contribution in [2.24, 2.45) is 5.73 Å². The fourth-order valence-electron chi connectivity index (χ4n) is 1.50. The van der Waals surface area contributed by atoms with E-state index in [0.717, 1.165) is 10.9 Å². The molecular weight excluding hydrogens is 167 g/mol. The van der Waals surface area contributed by atoms with Gasteiger partial charge in [-0.05, 0) is 11.5 Å². The lowest BCUT2D eigenvalue weighted by atomic mass is 10.1. The van der Waals surface area contributed by atoms with Crippen LogP contribution in [-0.4, -0.2) is 11.5 Å². The van der Waals surface area contributed by atoms with Crippen molar-refractivity contribution in [3.63, 3.8) is 0 Å². The van der Waals surface area contributed by atoms with Crippen LogP contribution in [0, 0.1) is 0 Å². The monoisotopic (exact) mass is 178 g/mol. The molecule has 0 aliphatic heterocycles. The van der Waals surface area contributed by atoms with E-state index in [1.807, 2.05) is 18.2 Å². The number of fused-ring (bicyclic) bond motifs is 1. The van der Waals surface area contributed by atoms with Gasteiger partial charge in [0.05, 0.1) is 5.52 Å². The predicted molar refractivity (Wildman–Crippen MR) is 51.2 cm³/mol. The van der Waals surface area contributed by atoms with Crippen molar-refractivity contribution in [2.45, 2.75) is 6.17 Å². The van der Waals surface area contributed by atoms with Gasteiger partial charge in [0.2, 0.25) is 0 Å². The summed E-state index contributed by atoms with van der Waals surface area (Å²) in [4.78, 5) is 3.01.